The average molecular weight is 215 g/mol. The van der Waals surface area contributed by atoms with Crippen molar-refractivity contribution in [1.82, 2.24) is 0 Å². The van der Waals surface area contributed by atoms with E-state index in [0.717, 1.165) is 18.1 Å². The van der Waals surface area contributed by atoms with Gasteiger partial charge in [0.25, 0.3) is 0 Å². The first-order valence-electron chi connectivity index (χ1n) is 4.54. The molecule has 0 aliphatic heterocycles. The summed E-state index contributed by atoms with van der Waals surface area (Å²) in [4.78, 5) is 0. The van der Waals surface area contributed by atoms with Gasteiger partial charge in [0.2, 0.25) is 0 Å². The van der Waals surface area contributed by atoms with Gasteiger partial charge in [0, 0.05) is 16.9 Å². The van der Waals surface area contributed by atoms with Crippen molar-refractivity contribution in [1.29, 1.82) is 0 Å². The third kappa shape index (κ3) is 4.58. The molecule has 1 atom stereocenters. The van der Waals surface area contributed by atoms with Crippen LogP contribution in [0.1, 0.15) is 18.9 Å². The SMILES string of the molecule is CC(CCCl)SCc1ccccc1. The summed E-state index contributed by atoms with van der Waals surface area (Å²) >= 11 is 7.63. The molecule has 0 amide bonds. The van der Waals surface area contributed by atoms with Crippen LogP contribution in [-0.4, -0.2) is 11.1 Å². The van der Waals surface area contributed by atoms with E-state index in [1.165, 1.54) is 5.56 Å². The van der Waals surface area contributed by atoms with E-state index in [4.69, 9.17) is 11.6 Å². The van der Waals surface area contributed by atoms with E-state index < -0.39 is 0 Å². The molecule has 0 saturated heterocycles. The maximum Gasteiger partial charge on any atom is 0.0233 e. The van der Waals surface area contributed by atoms with Crippen molar-refractivity contribution in [2.75, 3.05) is 5.88 Å². The Morgan fingerprint density at radius 3 is 2.62 bits per heavy atom. The molecule has 0 saturated carbocycles. The maximum atomic E-state index is 5.66. The van der Waals surface area contributed by atoms with Crippen LogP contribution in [0.25, 0.3) is 0 Å². The van der Waals surface area contributed by atoms with E-state index >= 15 is 0 Å². The zero-order valence-corrected chi connectivity index (χ0v) is 9.44. The molecule has 0 aliphatic carbocycles. The van der Waals surface area contributed by atoms with E-state index in [2.05, 4.69) is 37.3 Å². The monoisotopic (exact) mass is 214 g/mol. The minimum absolute atomic E-state index is 0.665. The van der Waals surface area contributed by atoms with Gasteiger partial charge in [-0.15, -0.1) is 11.6 Å². The zero-order chi connectivity index (χ0) is 9.52. The molecule has 0 bridgehead atoms. The van der Waals surface area contributed by atoms with Crippen molar-refractivity contribution in [2.24, 2.45) is 0 Å². The number of rotatable bonds is 5. The molecule has 0 heterocycles. The molecule has 0 radical (unpaired) electrons. The number of thioether (sulfide) groups is 1. The Balaban J connectivity index is 2.27. The quantitative estimate of drug-likeness (QED) is 0.670. The van der Waals surface area contributed by atoms with Crippen LogP contribution >= 0.6 is 23.4 Å². The highest BCUT2D eigenvalue weighted by atomic mass is 35.5. The van der Waals surface area contributed by atoms with Crippen molar-refractivity contribution in [3.8, 4) is 0 Å². The zero-order valence-electron chi connectivity index (χ0n) is 7.87. The molecule has 72 valence electrons. The highest BCUT2D eigenvalue weighted by molar-refractivity contribution is 7.99. The molecule has 0 fully saturated rings. The Morgan fingerprint density at radius 2 is 2.00 bits per heavy atom. The predicted octanol–water partition coefficient (Wildman–Crippen LogP) is 3.94. The van der Waals surface area contributed by atoms with Gasteiger partial charge < -0.3 is 0 Å². The van der Waals surface area contributed by atoms with Crippen LogP contribution in [0, 0.1) is 0 Å². The fourth-order valence-corrected chi connectivity index (χ4v) is 2.46. The van der Waals surface area contributed by atoms with Crippen LogP contribution in [0.15, 0.2) is 30.3 Å². The summed E-state index contributed by atoms with van der Waals surface area (Å²) in [5, 5.41) is 0.665. The minimum atomic E-state index is 0.665. The van der Waals surface area contributed by atoms with E-state index in [1.807, 2.05) is 11.8 Å². The third-order valence-electron chi connectivity index (χ3n) is 1.89. The second kappa shape index (κ2) is 6.33. The van der Waals surface area contributed by atoms with E-state index in [0.29, 0.717) is 5.25 Å². The summed E-state index contributed by atoms with van der Waals surface area (Å²) < 4.78 is 0. The molecule has 1 rings (SSSR count). The predicted molar refractivity (Wildman–Crippen MR) is 62.5 cm³/mol. The molecule has 13 heavy (non-hydrogen) atoms. The number of alkyl halides is 1. The molecule has 1 unspecified atom stereocenters. The van der Waals surface area contributed by atoms with Crippen molar-refractivity contribution >= 4 is 23.4 Å². The normalized spacial score (nSPS) is 12.8. The number of hydrogen-bond donors (Lipinski definition) is 0. The Labute approximate surface area is 89.7 Å². The van der Waals surface area contributed by atoms with Crippen LogP contribution in [0.5, 0.6) is 0 Å². The summed E-state index contributed by atoms with van der Waals surface area (Å²) in [5.41, 5.74) is 1.40. The smallest absolute Gasteiger partial charge is 0.0233 e. The van der Waals surface area contributed by atoms with Crippen molar-refractivity contribution in [3.63, 3.8) is 0 Å². The van der Waals surface area contributed by atoms with Crippen molar-refractivity contribution in [3.05, 3.63) is 35.9 Å². The Kier molecular flexibility index (Phi) is 5.33. The van der Waals surface area contributed by atoms with Gasteiger partial charge in [-0.1, -0.05) is 37.3 Å². The second-order valence-corrected chi connectivity index (χ2v) is 4.89. The van der Waals surface area contributed by atoms with E-state index in [-0.39, 0.29) is 0 Å². The summed E-state index contributed by atoms with van der Waals surface area (Å²) in [7, 11) is 0. The van der Waals surface area contributed by atoms with Gasteiger partial charge in [-0.25, -0.2) is 0 Å². The summed E-state index contributed by atoms with van der Waals surface area (Å²) in [6, 6.07) is 10.6. The van der Waals surface area contributed by atoms with Gasteiger partial charge >= 0.3 is 0 Å². The maximum absolute atomic E-state index is 5.66. The summed E-state index contributed by atoms with van der Waals surface area (Å²) in [6.07, 6.45) is 1.10. The Bertz CT molecular complexity index is 223. The van der Waals surface area contributed by atoms with Gasteiger partial charge in [0.1, 0.15) is 0 Å². The lowest BCUT2D eigenvalue weighted by Gasteiger charge is -2.08. The number of hydrogen-bond acceptors (Lipinski definition) is 1. The first-order chi connectivity index (χ1) is 6.33. The van der Waals surface area contributed by atoms with Gasteiger partial charge in [-0.3, -0.25) is 0 Å². The van der Waals surface area contributed by atoms with Crippen molar-refractivity contribution < 1.29 is 0 Å². The highest BCUT2D eigenvalue weighted by Gasteiger charge is 2.01. The fraction of sp³-hybridized carbons (Fsp3) is 0.455. The fourth-order valence-electron chi connectivity index (χ4n) is 1.05. The lowest BCUT2D eigenvalue weighted by molar-refractivity contribution is 0.912. The molecule has 0 aromatic heterocycles. The first-order valence-corrected chi connectivity index (χ1v) is 6.12. The van der Waals surface area contributed by atoms with Gasteiger partial charge in [0.05, 0.1) is 0 Å². The van der Waals surface area contributed by atoms with Crippen LogP contribution in [0.3, 0.4) is 0 Å². The molecule has 2 heteroatoms. The van der Waals surface area contributed by atoms with Gasteiger partial charge in [-0.2, -0.15) is 11.8 Å². The lowest BCUT2D eigenvalue weighted by atomic mass is 10.2. The second-order valence-electron chi connectivity index (χ2n) is 3.08. The molecular formula is C11H15ClS. The minimum Gasteiger partial charge on any atom is -0.154 e. The van der Waals surface area contributed by atoms with E-state index in [1.54, 1.807) is 0 Å². The lowest BCUT2D eigenvalue weighted by Crippen LogP contribution is -1.97. The van der Waals surface area contributed by atoms with E-state index in [9.17, 15) is 0 Å². The average Bonchev–Trinajstić information content (AvgIpc) is 2.17. The Hall–Kier alpha value is -0.140. The molecule has 0 N–H and O–H groups in total. The largest absolute Gasteiger partial charge is 0.154 e. The van der Waals surface area contributed by atoms with Crippen molar-refractivity contribution in [2.45, 2.75) is 24.3 Å². The summed E-state index contributed by atoms with van der Waals surface area (Å²) in [6.45, 7) is 2.23. The topological polar surface area (TPSA) is 0 Å². The molecular weight excluding hydrogens is 200 g/mol. The van der Waals surface area contributed by atoms with Crippen LogP contribution < -0.4 is 0 Å². The molecule has 1 aromatic rings. The summed E-state index contributed by atoms with van der Waals surface area (Å²) in [5.74, 6) is 1.86. The van der Waals surface area contributed by atoms with Gasteiger partial charge in [0.15, 0.2) is 0 Å². The van der Waals surface area contributed by atoms with Crippen LogP contribution in [0.2, 0.25) is 0 Å². The Morgan fingerprint density at radius 1 is 1.31 bits per heavy atom. The van der Waals surface area contributed by atoms with Crippen LogP contribution in [-0.2, 0) is 5.75 Å². The number of halogens is 1. The van der Waals surface area contributed by atoms with Gasteiger partial charge in [-0.05, 0) is 12.0 Å². The first kappa shape index (κ1) is 10.9. The number of benzene rings is 1. The standard InChI is InChI=1S/C11H15ClS/c1-10(7-8-12)13-9-11-5-3-2-4-6-11/h2-6,10H,7-9H2,1H3. The molecule has 0 spiro atoms. The van der Waals surface area contributed by atoms with Crippen LogP contribution in [0.4, 0.5) is 0 Å². The highest BCUT2D eigenvalue weighted by Crippen LogP contribution is 2.19. The molecule has 0 nitrogen and oxygen atoms in total. The molecule has 1 aromatic carbocycles. The third-order valence-corrected chi connectivity index (χ3v) is 3.42. The molecule has 0 aliphatic rings.